The predicted octanol–water partition coefficient (Wildman–Crippen LogP) is 1.95. The number of amides is 2. The highest BCUT2D eigenvalue weighted by molar-refractivity contribution is 5.90. The van der Waals surface area contributed by atoms with E-state index in [2.05, 4.69) is 30.1 Å². The molecule has 0 unspecified atom stereocenters. The highest BCUT2D eigenvalue weighted by atomic mass is 16.3. The van der Waals surface area contributed by atoms with Crippen molar-refractivity contribution in [1.29, 1.82) is 0 Å². The molecule has 2 N–H and O–H groups in total. The summed E-state index contributed by atoms with van der Waals surface area (Å²) in [5, 5.41) is 12.0. The topological polar surface area (TPSA) is 55.8 Å². The summed E-state index contributed by atoms with van der Waals surface area (Å²) in [6.07, 6.45) is 0. The summed E-state index contributed by atoms with van der Waals surface area (Å²) >= 11 is 0. The first-order chi connectivity index (χ1) is 10.1. The first-order valence-electron chi connectivity index (χ1n) is 7.60. The molecule has 0 atom stereocenters. The average molecular weight is 291 g/mol. The number of carbonyl (C=O) groups excluding carboxylic acids is 1. The lowest BCUT2D eigenvalue weighted by Crippen LogP contribution is -2.50. The van der Waals surface area contributed by atoms with Crippen LogP contribution in [0.15, 0.2) is 24.3 Å². The third kappa shape index (κ3) is 4.19. The summed E-state index contributed by atoms with van der Waals surface area (Å²) in [6.45, 7) is 8.15. The SMILES string of the molecule is CC(C)c1ccccc1NC(=O)N1CCN(CCO)CC1. The number of urea groups is 1. The van der Waals surface area contributed by atoms with Crippen molar-refractivity contribution in [3.05, 3.63) is 29.8 Å². The molecular formula is C16H25N3O2. The molecule has 5 nitrogen and oxygen atoms in total. The molecule has 0 bridgehead atoms. The van der Waals surface area contributed by atoms with Gasteiger partial charge in [0.15, 0.2) is 0 Å². The van der Waals surface area contributed by atoms with E-state index < -0.39 is 0 Å². The Morgan fingerprint density at radius 1 is 1.24 bits per heavy atom. The van der Waals surface area contributed by atoms with Crippen LogP contribution in [0.1, 0.15) is 25.3 Å². The van der Waals surface area contributed by atoms with E-state index in [0.717, 1.165) is 24.3 Å². The molecule has 5 heteroatoms. The van der Waals surface area contributed by atoms with E-state index in [1.54, 1.807) is 0 Å². The molecular weight excluding hydrogens is 266 g/mol. The van der Waals surface area contributed by atoms with E-state index in [4.69, 9.17) is 5.11 Å². The molecule has 1 fully saturated rings. The summed E-state index contributed by atoms with van der Waals surface area (Å²) in [4.78, 5) is 16.4. The van der Waals surface area contributed by atoms with Gasteiger partial charge in [0.1, 0.15) is 0 Å². The minimum absolute atomic E-state index is 0.0354. The zero-order valence-corrected chi connectivity index (χ0v) is 12.9. The normalized spacial score (nSPS) is 16.3. The fraction of sp³-hybridized carbons (Fsp3) is 0.562. The van der Waals surface area contributed by atoms with Crippen LogP contribution in [0.2, 0.25) is 0 Å². The van der Waals surface area contributed by atoms with E-state index in [1.807, 2.05) is 23.1 Å². The summed E-state index contributed by atoms with van der Waals surface area (Å²) < 4.78 is 0. The molecule has 0 aromatic heterocycles. The zero-order valence-electron chi connectivity index (χ0n) is 12.9. The van der Waals surface area contributed by atoms with Gasteiger partial charge in [-0.2, -0.15) is 0 Å². The Bertz CT molecular complexity index is 468. The molecule has 1 aliphatic rings. The lowest BCUT2D eigenvalue weighted by Gasteiger charge is -2.34. The van der Waals surface area contributed by atoms with Crippen molar-refractivity contribution < 1.29 is 9.90 Å². The molecule has 1 aliphatic heterocycles. The lowest BCUT2D eigenvalue weighted by molar-refractivity contribution is 0.127. The van der Waals surface area contributed by atoms with Gasteiger partial charge in [0.25, 0.3) is 0 Å². The van der Waals surface area contributed by atoms with Crippen LogP contribution in [-0.4, -0.2) is 60.3 Å². The van der Waals surface area contributed by atoms with Crippen LogP contribution < -0.4 is 5.32 Å². The maximum atomic E-state index is 12.4. The maximum Gasteiger partial charge on any atom is 0.321 e. The zero-order chi connectivity index (χ0) is 15.2. The number of benzene rings is 1. The Labute approximate surface area is 126 Å². The Morgan fingerprint density at radius 3 is 2.52 bits per heavy atom. The molecule has 2 rings (SSSR count). The van der Waals surface area contributed by atoms with Crippen LogP contribution in [0.4, 0.5) is 10.5 Å². The van der Waals surface area contributed by atoms with Crippen molar-refractivity contribution in [2.75, 3.05) is 44.6 Å². The Morgan fingerprint density at radius 2 is 1.90 bits per heavy atom. The molecule has 1 aromatic carbocycles. The molecule has 116 valence electrons. The van der Waals surface area contributed by atoms with Gasteiger partial charge in [0.05, 0.1) is 6.61 Å². The molecule has 0 spiro atoms. The number of piperazine rings is 1. The van der Waals surface area contributed by atoms with Crippen LogP contribution in [-0.2, 0) is 0 Å². The van der Waals surface area contributed by atoms with E-state index >= 15 is 0 Å². The molecule has 0 saturated carbocycles. The van der Waals surface area contributed by atoms with E-state index in [-0.39, 0.29) is 12.6 Å². The van der Waals surface area contributed by atoms with Gasteiger partial charge in [-0.1, -0.05) is 32.0 Å². The summed E-state index contributed by atoms with van der Waals surface area (Å²) in [5.74, 6) is 0.378. The third-order valence-corrected chi connectivity index (χ3v) is 3.90. The number of hydrogen-bond donors (Lipinski definition) is 2. The van der Waals surface area contributed by atoms with Gasteiger partial charge in [-0.15, -0.1) is 0 Å². The average Bonchev–Trinajstić information content (AvgIpc) is 2.48. The van der Waals surface area contributed by atoms with Gasteiger partial charge < -0.3 is 15.3 Å². The number of aliphatic hydroxyl groups excluding tert-OH is 1. The fourth-order valence-electron chi connectivity index (χ4n) is 2.62. The Kier molecular flexibility index (Phi) is 5.59. The monoisotopic (exact) mass is 291 g/mol. The van der Waals surface area contributed by atoms with Crippen molar-refractivity contribution in [3.8, 4) is 0 Å². The van der Waals surface area contributed by atoms with E-state index in [0.29, 0.717) is 25.6 Å². The first kappa shape index (κ1) is 15.8. The minimum Gasteiger partial charge on any atom is -0.395 e. The second kappa shape index (κ2) is 7.43. The molecule has 0 aliphatic carbocycles. The summed E-state index contributed by atoms with van der Waals surface area (Å²) in [6, 6.07) is 7.92. The Hall–Kier alpha value is -1.59. The number of hydrogen-bond acceptors (Lipinski definition) is 3. The highest BCUT2D eigenvalue weighted by Gasteiger charge is 2.21. The summed E-state index contributed by atoms with van der Waals surface area (Å²) in [7, 11) is 0. The molecule has 1 aromatic rings. The lowest BCUT2D eigenvalue weighted by atomic mass is 10.0. The van der Waals surface area contributed by atoms with E-state index in [9.17, 15) is 4.79 Å². The van der Waals surface area contributed by atoms with Gasteiger partial charge in [-0.05, 0) is 17.5 Å². The first-order valence-corrected chi connectivity index (χ1v) is 7.60. The van der Waals surface area contributed by atoms with Gasteiger partial charge in [-0.3, -0.25) is 4.90 Å². The van der Waals surface area contributed by atoms with Crippen LogP contribution in [0.3, 0.4) is 0 Å². The molecule has 1 saturated heterocycles. The number of carbonyl (C=O) groups is 1. The number of rotatable bonds is 4. The molecule has 0 radical (unpaired) electrons. The smallest absolute Gasteiger partial charge is 0.321 e. The number of para-hydroxylation sites is 1. The van der Waals surface area contributed by atoms with Gasteiger partial charge in [0.2, 0.25) is 0 Å². The van der Waals surface area contributed by atoms with Crippen LogP contribution >= 0.6 is 0 Å². The predicted molar refractivity (Wildman–Crippen MR) is 84.6 cm³/mol. The van der Waals surface area contributed by atoms with Crippen molar-refractivity contribution in [2.45, 2.75) is 19.8 Å². The van der Waals surface area contributed by atoms with Crippen molar-refractivity contribution >= 4 is 11.7 Å². The number of nitrogens with one attached hydrogen (secondary N) is 1. The van der Waals surface area contributed by atoms with Gasteiger partial charge in [-0.25, -0.2) is 4.79 Å². The van der Waals surface area contributed by atoms with Crippen molar-refractivity contribution in [1.82, 2.24) is 9.80 Å². The van der Waals surface area contributed by atoms with Crippen LogP contribution in [0.5, 0.6) is 0 Å². The standard InChI is InChI=1S/C16H25N3O2/c1-13(2)14-5-3-4-6-15(14)17-16(21)19-9-7-18(8-10-19)11-12-20/h3-6,13,20H,7-12H2,1-2H3,(H,17,21). The maximum absolute atomic E-state index is 12.4. The minimum atomic E-state index is -0.0354. The number of nitrogens with zero attached hydrogens (tertiary/aromatic N) is 2. The number of aliphatic hydroxyl groups is 1. The second-order valence-corrected chi connectivity index (χ2v) is 5.72. The number of anilines is 1. The molecule has 1 heterocycles. The van der Waals surface area contributed by atoms with Gasteiger partial charge in [0, 0.05) is 38.4 Å². The highest BCUT2D eigenvalue weighted by Crippen LogP contribution is 2.24. The van der Waals surface area contributed by atoms with Crippen LogP contribution in [0, 0.1) is 0 Å². The third-order valence-electron chi connectivity index (χ3n) is 3.90. The summed E-state index contributed by atoms with van der Waals surface area (Å²) in [5.41, 5.74) is 2.06. The largest absolute Gasteiger partial charge is 0.395 e. The number of β-amino-alcohol motifs (C(OH)–C–C–N with tert-alkyl or cyclic N) is 1. The Balaban J connectivity index is 1.94. The molecule has 21 heavy (non-hydrogen) atoms. The quantitative estimate of drug-likeness (QED) is 0.891. The second-order valence-electron chi connectivity index (χ2n) is 5.72. The van der Waals surface area contributed by atoms with E-state index in [1.165, 1.54) is 0 Å². The molecule has 2 amide bonds. The van der Waals surface area contributed by atoms with Crippen LogP contribution in [0.25, 0.3) is 0 Å². The fourth-order valence-corrected chi connectivity index (χ4v) is 2.62. The van der Waals surface area contributed by atoms with Crippen molar-refractivity contribution in [3.63, 3.8) is 0 Å². The van der Waals surface area contributed by atoms with Crippen molar-refractivity contribution in [2.24, 2.45) is 0 Å². The van der Waals surface area contributed by atoms with Gasteiger partial charge >= 0.3 is 6.03 Å².